The standard InChI is InChI=1S/C22H22N4O/c23-21-20-19(14-26(22(20)25-24-21)16-6-4-5-7-16)15-10-12-18(13-11-15)27-17-8-2-1-3-9-17/h1-3,8-14,16H,4-7H2,(H3,23,24,25). The third-order valence-corrected chi connectivity index (χ3v) is 5.42. The Kier molecular flexibility index (Phi) is 3.85. The Labute approximate surface area is 157 Å². The van der Waals surface area contributed by atoms with Crippen LogP contribution in [-0.4, -0.2) is 14.8 Å². The van der Waals surface area contributed by atoms with E-state index in [0.29, 0.717) is 11.9 Å². The Balaban J connectivity index is 1.50. The van der Waals surface area contributed by atoms with Crippen molar-refractivity contribution in [1.82, 2.24) is 14.8 Å². The summed E-state index contributed by atoms with van der Waals surface area (Å²) in [5.74, 6) is 2.28. The molecule has 0 aliphatic heterocycles. The Hall–Kier alpha value is -3.21. The highest BCUT2D eigenvalue weighted by atomic mass is 16.5. The number of para-hydroxylation sites is 1. The van der Waals surface area contributed by atoms with Gasteiger partial charge in [-0.25, -0.2) is 0 Å². The summed E-state index contributed by atoms with van der Waals surface area (Å²) in [6.07, 6.45) is 7.20. The van der Waals surface area contributed by atoms with Crippen molar-refractivity contribution in [3.8, 4) is 22.6 Å². The van der Waals surface area contributed by atoms with Gasteiger partial charge < -0.3 is 15.0 Å². The van der Waals surface area contributed by atoms with E-state index in [2.05, 4.69) is 33.1 Å². The number of hydrogen-bond acceptors (Lipinski definition) is 3. The molecule has 5 rings (SSSR count). The van der Waals surface area contributed by atoms with E-state index < -0.39 is 0 Å². The fraction of sp³-hybridized carbons (Fsp3) is 0.227. The molecule has 2 aromatic heterocycles. The lowest BCUT2D eigenvalue weighted by Crippen LogP contribution is -2.03. The van der Waals surface area contributed by atoms with Gasteiger partial charge in [0.2, 0.25) is 0 Å². The molecule has 1 fully saturated rings. The highest BCUT2D eigenvalue weighted by Gasteiger charge is 2.23. The van der Waals surface area contributed by atoms with Crippen molar-refractivity contribution in [2.24, 2.45) is 0 Å². The second-order valence-electron chi connectivity index (χ2n) is 7.16. The Bertz CT molecular complexity index is 1060. The van der Waals surface area contributed by atoms with Crippen molar-refractivity contribution in [2.45, 2.75) is 31.7 Å². The number of nitrogens with two attached hydrogens (primary N) is 1. The Morgan fingerprint density at radius 3 is 2.41 bits per heavy atom. The second-order valence-corrected chi connectivity index (χ2v) is 7.16. The summed E-state index contributed by atoms with van der Waals surface area (Å²) in [6, 6.07) is 18.5. The molecule has 5 heteroatoms. The lowest BCUT2D eigenvalue weighted by atomic mass is 10.1. The fourth-order valence-electron chi connectivity index (χ4n) is 4.07. The summed E-state index contributed by atoms with van der Waals surface area (Å²) in [5, 5.41) is 8.44. The number of rotatable bonds is 4. The van der Waals surface area contributed by atoms with Gasteiger partial charge in [-0.05, 0) is 42.7 Å². The van der Waals surface area contributed by atoms with Gasteiger partial charge >= 0.3 is 0 Å². The van der Waals surface area contributed by atoms with Crippen LogP contribution in [0.2, 0.25) is 0 Å². The number of H-pyrrole nitrogens is 1. The number of anilines is 1. The molecule has 4 aromatic rings. The van der Waals surface area contributed by atoms with Crippen LogP contribution in [0.15, 0.2) is 60.8 Å². The molecule has 0 unspecified atom stereocenters. The molecule has 0 amide bonds. The second kappa shape index (κ2) is 6.50. The van der Waals surface area contributed by atoms with Crippen LogP contribution in [0.25, 0.3) is 22.2 Å². The van der Waals surface area contributed by atoms with Crippen LogP contribution in [0.5, 0.6) is 11.5 Å². The molecule has 1 saturated carbocycles. The van der Waals surface area contributed by atoms with Gasteiger partial charge in [0.1, 0.15) is 17.3 Å². The van der Waals surface area contributed by atoms with E-state index in [0.717, 1.165) is 33.7 Å². The molecule has 1 aliphatic rings. The number of fused-ring (bicyclic) bond motifs is 1. The normalized spacial score (nSPS) is 14.8. The minimum Gasteiger partial charge on any atom is -0.457 e. The molecule has 0 spiro atoms. The number of nitrogens with one attached hydrogen (secondary N) is 1. The zero-order chi connectivity index (χ0) is 18.2. The molecule has 136 valence electrons. The molecule has 0 radical (unpaired) electrons. The molecule has 2 heterocycles. The van der Waals surface area contributed by atoms with Crippen molar-refractivity contribution in [1.29, 1.82) is 0 Å². The maximum Gasteiger partial charge on any atom is 0.164 e. The molecule has 2 aromatic carbocycles. The first-order valence-electron chi connectivity index (χ1n) is 9.47. The van der Waals surface area contributed by atoms with Crippen LogP contribution in [-0.2, 0) is 0 Å². The van der Waals surface area contributed by atoms with E-state index in [9.17, 15) is 0 Å². The first-order valence-corrected chi connectivity index (χ1v) is 9.47. The zero-order valence-corrected chi connectivity index (χ0v) is 15.1. The lowest BCUT2D eigenvalue weighted by Gasteiger charge is -2.11. The summed E-state index contributed by atoms with van der Waals surface area (Å²) in [4.78, 5) is 0. The third kappa shape index (κ3) is 2.85. The molecule has 27 heavy (non-hydrogen) atoms. The van der Waals surface area contributed by atoms with Crippen molar-refractivity contribution in [3.63, 3.8) is 0 Å². The number of nitrogen functional groups attached to an aromatic ring is 1. The van der Waals surface area contributed by atoms with Crippen LogP contribution in [0, 0.1) is 0 Å². The SMILES string of the molecule is Nc1[nH]nc2c1c(-c1ccc(Oc3ccccc3)cc1)cn2C1CCCC1. The quantitative estimate of drug-likeness (QED) is 0.504. The highest BCUT2D eigenvalue weighted by molar-refractivity contribution is 6.01. The van der Waals surface area contributed by atoms with E-state index in [1.54, 1.807) is 0 Å². The molecule has 1 aliphatic carbocycles. The van der Waals surface area contributed by atoms with E-state index in [-0.39, 0.29) is 0 Å². The lowest BCUT2D eigenvalue weighted by molar-refractivity contribution is 0.483. The van der Waals surface area contributed by atoms with E-state index in [1.165, 1.54) is 25.7 Å². The molecule has 5 nitrogen and oxygen atoms in total. The summed E-state index contributed by atoms with van der Waals surface area (Å²) in [7, 11) is 0. The third-order valence-electron chi connectivity index (χ3n) is 5.42. The van der Waals surface area contributed by atoms with E-state index in [4.69, 9.17) is 10.5 Å². The van der Waals surface area contributed by atoms with Gasteiger partial charge in [-0.2, -0.15) is 5.10 Å². The van der Waals surface area contributed by atoms with E-state index in [1.807, 2.05) is 42.5 Å². The van der Waals surface area contributed by atoms with Gasteiger partial charge in [-0.1, -0.05) is 43.2 Å². The average molecular weight is 358 g/mol. The van der Waals surface area contributed by atoms with Gasteiger partial charge in [-0.15, -0.1) is 0 Å². The molecular formula is C22H22N4O. The number of aromatic nitrogens is 3. The largest absolute Gasteiger partial charge is 0.457 e. The van der Waals surface area contributed by atoms with Crippen LogP contribution < -0.4 is 10.5 Å². The summed E-state index contributed by atoms with van der Waals surface area (Å²) in [6.45, 7) is 0. The summed E-state index contributed by atoms with van der Waals surface area (Å²) >= 11 is 0. The molecule has 3 N–H and O–H groups in total. The van der Waals surface area contributed by atoms with Gasteiger partial charge in [0.15, 0.2) is 5.65 Å². The molecule has 0 bridgehead atoms. The van der Waals surface area contributed by atoms with Crippen LogP contribution >= 0.6 is 0 Å². The van der Waals surface area contributed by atoms with Gasteiger partial charge in [0.05, 0.1) is 5.39 Å². The Morgan fingerprint density at radius 1 is 0.963 bits per heavy atom. The number of benzene rings is 2. The summed E-state index contributed by atoms with van der Waals surface area (Å²) in [5.41, 5.74) is 9.40. The van der Waals surface area contributed by atoms with Crippen LogP contribution in [0.4, 0.5) is 5.82 Å². The average Bonchev–Trinajstić information content (AvgIpc) is 3.42. The number of ether oxygens (including phenoxy) is 1. The van der Waals surface area contributed by atoms with Crippen molar-refractivity contribution in [3.05, 3.63) is 60.8 Å². The van der Waals surface area contributed by atoms with Gasteiger partial charge in [0.25, 0.3) is 0 Å². The Morgan fingerprint density at radius 2 is 1.67 bits per heavy atom. The summed E-state index contributed by atoms with van der Waals surface area (Å²) < 4.78 is 8.21. The molecule has 0 saturated heterocycles. The number of aromatic amines is 1. The predicted octanol–water partition coefficient (Wildman–Crippen LogP) is 5.52. The zero-order valence-electron chi connectivity index (χ0n) is 15.1. The first-order chi connectivity index (χ1) is 13.3. The smallest absolute Gasteiger partial charge is 0.164 e. The maximum atomic E-state index is 6.20. The number of hydrogen-bond donors (Lipinski definition) is 2. The predicted molar refractivity (Wildman–Crippen MR) is 108 cm³/mol. The van der Waals surface area contributed by atoms with Crippen molar-refractivity contribution >= 4 is 16.9 Å². The van der Waals surface area contributed by atoms with Crippen molar-refractivity contribution < 1.29 is 4.74 Å². The monoisotopic (exact) mass is 358 g/mol. The molecular weight excluding hydrogens is 336 g/mol. The highest BCUT2D eigenvalue weighted by Crippen LogP contribution is 2.39. The topological polar surface area (TPSA) is 68.9 Å². The number of nitrogens with zero attached hydrogens (tertiary/aromatic N) is 2. The minimum atomic E-state index is 0.518. The maximum absolute atomic E-state index is 6.20. The van der Waals surface area contributed by atoms with Gasteiger partial charge in [0, 0.05) is 17.8 Å². The van der Waals surface area contributed by atoms with E-state index >= 15 is 0 Å². The minimum absolute atomic E-state index is 0.518. The first kappa shape index (κ1) is 16.0. The van der Waals surface area contributed by atoms with Gasteiger partial charge in [-0.3, -0.25) is 5.10 Å². The van der Waals surface area contributed by atoms with Crippen LogP contribution in [0.1, 0.15) is 31.7 Å². The molecule has 0 atom stereocenters. The van der Waals surface area contributed by atoms with Crippen molar-refractivity contribution in [2.75, 3.05) is 5.73 Å². The van der Waals surface area contributed by atoms with Crippen LogP contribution in [0.3, 0.4) is 0 Å². The fourth-order valence-corrected chi connectivity index (χ4v) is 4.07.